The Balaban J connectivity index is 2.39. The van der Waals surface area contributed by atoms with Gasteiger partial charge in [-0.3, -0.25) is 4.31 Å². The van der Waals surface area contributed by atoms with Crippen molar-refractivity contribution >= 4 is 18.0 Å². The molecule has 1 N–H and O–H groups in total. The lowest BCUT2D eigenvalue weighted by molar-refractivity contribution is 0.230. The molecule has 0 unspecified atom stereocenters. The van der Waals surface area contributed by atoms with Gasteiger partial charge in [-0.1, -0.05) is 0 Å². The molecule has 2 amide bonds. The molecule has 1 fully saturated rings. The van der Waals surface area contributed by atoms with Crippen molar-refractivity contribution in [2.24, 2.45) is 0 Å². The van der Waals surface area contributed by atoms with Crippen molar-refractivity contribution in [3.05, 3.63) is 0 Å². The minimum absolute atomic E-state index is 0.0150. The lowest BCUT2D eigenvalue weighted by Gasteiger charge is -2.21. The Hall–Kier alpha value is -0.380. The summed E-state index contributed by atoms with van der Waals surface area (Å²) in [5.41, 5.74) is 0. The Morgan fingerprint density at radius 1 is 1.88 bits per heavy atom. The molecule has 0 aromatic heterocycles. The van der Waals surface area contributed by atoms with Gasteiger partial charge in [0.1, 0.15) is 0 Å². The van der Waals surface area contributed by atoms with E-state index < -0.39 is 0 Å². The van der Waals surface area contributed by atoms with Crippen molar-refractivity contribution in [3.8, 4) is 0 Å². The molecule has 1 aliphatic rings. The second kappa shape index (κ2) is 2.26. The number of amides is 2. The lowest BCUT2D eigenvalue weighted by Crippen LogP contribution is -2.39. The molecular formula is C4H8N2OS. The average molecular weight is 132 g/mol. The van der Waals surface area contributed by atoms with Crippen LogP contribution in [0.3, 0.4) is 0 Å². The fraction of sp³-hybridized carbons (Fsp3) is 0.750. The summed E-state index contributed by atoms with van der Waals surface area (Å²) in [5.74, 6) is 0.988. The van der Waals surface area contributed by atoms with Crippen LogP contribution in [0.15, 0.2) is 0 Å². The van der Waals surface area contributed by atoms with E-state index in [1.165, 1.54) is 0 Å². The Morgan fingerprint density at radius 2 is 2.62 bits per heavy atom. The number of carbonyl (C=O) groups excluding carboxylic acids is 1. The van der Waals surface area contributed by atoms with E-state index in [0.717, 1.165) is 12.3 Å². The van der Waals surface area contributed by atoms with Crippen LogP contribution >= 0.6 is 11.9 Å². The van der Waals surface area contributed by atoms with Crippen molar-refractivity contribution in [2.75, 3.05) is 19.3 Å². The molecule has 0 aromatic carbocycles. The first-order valence-corrected chi connectivity index (χ1v) is 3.39. The zero-order valence-corrected chi connectivity index (χ0v) is 5.49. The van der Waals surface area contributed by atoms with E-state index in [4.69, 9.17) is 0 Å². The summed E-state index contributed by atoms with van der Waals surface area (Å²) in [7, 11) is 1.76. The molecule has 0 saturated carbocycles. The van der Waals surface area contributed by atoms with Gasteiger partial charge in [-0.15, -0.1) is 0 Å². The number of nitrogens with one attached hydrogen (secondary N) is 1. The molecule has 0 spiro atoms. The van der Waals surface area contributed by atoms with Gasteiger partial charge in [-0.2, -0.15) is 0 Å². The molecule has 1 aliphatic heterocycles. The largest absolute Gasteiger partial charge is 0.336 e. The second-order valence-corrected chi connectivity index (χ2v) is 2.78. The van der Waals surface area contributed by atoms with E-state index >= 15 is 0 Å². The molecule has 0 aliphatic carbocycles. The van der Waals surface area contributed by atoms with Crippen LogP contribution in [0.25, 0.3) is 0 Å². The molecule has 46 valence electrons. The highest BCUT2D eigenvalue weighted by Crippen LogP contribution is 2.08. The lowest BCUT2D eigenvalue weighted by atomic mass is 10.7. The van der Waals surface area contributed by atoms with Gasteiger partial charge in [0.05, 0.1) is 0 Å². The maximum absolute atomic E-state index is 10.6. The predicted molar refractivity (Wildman–Crippen MR) is 33.6 cm³/mol. The maximum Gasteiger partial charge on any atom is 0.327 e. The van der Waals surface area contributed by atoms with Crippen LogP contribution < -0.4 is 5.32 Å². The number of hydrogen-bond donors (Lipinski definition) is 1. The fourth-order valence-corrected chi connectivity index (χ4v) is 1.16. The zero-order valence-electron chi connectivity index (χ0n) is 4.68. The first-order valence-electron chi connectivity index (χ1n) is 2.45. The smallest absolute Gasteiger partial charge is 0.327 e. The van der Waals surface area contributed by atoms with Gasteiger partial charge in [-0.25, -0.2) is 4.79 Å². The van der Waals surface area contributed by atoms with E-state index in [-0.39, 0.29) is 6.03 Å². The van der Waals surface area contributed by atoms with Gasteiger partial charge in [0.2, 0.25) is 0 Å². The van der Waals surface area contributed by atoms with Gasteiger partial charge < -0.3 is 5.32 Å². The maximum atomic E-state index is 10.6. The molecule has 0 aromatic rings. The Morgan fingerprint density at radius 3 is 3.00 bits per heavy atom. The van der Waals surface area contributed by atoms with Crippen molar-refractivity contribution in [2.45, 2.75) is 0 Å². The third kappa shape index (κ3) is 1.06. The molecule has 1 heterocycles. The summed E-state index contributed by atoms with van der Waals surface area (Å²) < 4.78 is 1.60. The van der Waals surface area contributed by atoms with E-state index in [0.29, 0.717) is 0 Å². The van der Waals surface area contributed by atoms with E-state index in [1.54, 1.807) is 23.3 Å². The van der Waals surface area contributed by atoms with Crippen molar-refractivity contribution in [1.82, 2.24) is 9.62 Å². The normalized spacial score (nSPS) is 20.6. The third-order valence-electron chi connectivity index (χ3n) is 0.949. The van der Waals surface area contributed by atoms with E-state index in [2.05, 4.69) is 5.32 Å². The summed E-state index contributed by atoms with van der Waals surface area (Å²) in [6, 6.07) is 0.0150. The molecule has 0 bridgehead atoms. The summed E-state index contributed by atoms with van der Waals surface area (Å²) in [4.78, 5) is 10.6. The number of rotatable bonds is 0. The van der Waals surface area contributed by atoms with Crippen LogP contribution in [0, 0.1) is 0 Å². The van der Waals surface area contributed by atoms with Gasteiger partial charge >= 0.3 is 6.03 Å². The highest BCUT2D eigenvalue weighted by molar-refractivity contribution is 7.97. The fourth-order valence-electron chi connectivity index (χ4n) is 0.510. The van der Waals surface area contributed by atoms with Gasteiger partial charge in [0, 0.05) is 19.3 Å². The topological polar surface area (TPSA) is 32.3 Å². The first kappa shape index (κ1) is 5.75. The zero-order chi connectivity index (χ0) is 5.98. The monoisotopic (exact) mass is 132 g/mol. The molecular weight excluding hydrogens is 124 g/mol. The second-order valence-electron chi connectivity index (χ2n) is 1.56. The quantitative estimate of drug-likeness (QED) is 0.480. The SMILES string of the molecule is CN1SCCNC1=O. The summed E-state index contributed by atoms with van der Waals surface area (Å²) in [6.45, 7) is 0.799. The van der Waals surface area contributed by atoms with Crippen LogP contribution in [-0.4, -0.2) is 29.7 Å². The van der Waals surface area contributed by atoms with Crippen molar-refractivity contribution in [1.29, 1.82) is 0 Å². The molecule has 0 atom stereocenters. The molecule has 8 heavy (non-hydrogen) atoms. The van der Waals surface area contributed by atoms with Gasteiger partial charge in [0.25, 0.3) is 0 Å². The minimum Gasteiger partial charge on any atom is -0.336 e. The number of urea groups is 1. The highest BCUT2D eigenvalue weighted by atomic mass is 32.2. The molecule has 0 radical (unpaired) electrons. The van der Waals surface area contributed by atoms with E-state index in [1.807, 2.05) is 0 Å². The number of nitrogens with zero attached hydrogens (tertiary/aromatic N) is 1. The Bertz CT molecular complexity index is 106. The van der Waals surface area contributed by atoms with Crippen LogP contribution in [0.5, 0.6) is 0 Å². The van der Waals surface area contributed by atoms with Gasteiger partial charge in [-0.05, 0) is 11.9 Å². The van der Waals surface area contributed by atoms with E-state index in [9.17, 15) is 4.79 Å². The average Bonchev–Trinajstić information content (AvgIpc) is 1.77. The highest BCUT2D eigenvalue weighted by Gasteiger charge is 2.12. The van der Waals surface area contributed by atoms with Gasteiger partial charge in [0.15, 0.2) is 0 Å². The standard InChI is InChI=1S/C4H8N2OS/c1-6-4(7)5-2-3-8-6/h2-3H2,1H3,(H,5,7). The summed E-state index contributed by atoms with van der Waals surface area (Å²) >= 11 is 1.55. The molecule has 1 saturated heterocycles. The minimum atomic E-state index is 0.0150. The Labute approximate surface area is 52.6 Å². The predicted octanol–water partition coefficient (Wildman–Crippen LogP) is 0.290. The van der Waals surface area contributed by atoms with Crippen LogP contribution in [0.1, 0.15) is 0 Å². The number of carbonyl (C=O) groups is 1. The molecule has 4 heteroatoms. The van der Waals surface area contributed by atoms with Crippen molar-refractivity contribution < 1.29 is 4.79 Å². The number of hydrogen-bond acceptors (Lipinski definition) is 2. The Kier molecular flexibility index (Phi) is 1.62. The van der Waals surface area contributed by atoms with Crippen molar-refractivity contribution in [3.63, 3.8) is 0 Å². The van der Waals surface area contributed by atoms with Crippen LogP contribution in [-0.2, 0) is 0 Å². The molecule has 1 rings (SSSR count). The third-order valence-corrected chi connectivity index (χ3v) is 1.89. The summed E-state index contributed by atoms with van der Waals surface area (Å²) in [5, 5.41) is 2.70. The first-order chi connectivity index (χ1) is 3.80. The summed E-state index contributed by atoms with van der Waals surface area (Å²) in [6.07, 6.45) is 0. The van der Waals surface area contributed by atoms with Crippen LogP contribution in [0.4, 0.5) is 4.79 Å². The molecule has 3 nitrogen and oxygen atoms in total. The van der Waals surface area contributed by atoms with Crippen LogP contribution in [0.2, 0.25) is 0 Å².